The average molecular weight is 295 g/mol. The first kappa shape index (κ1) is 14.2. The normalized spacial score (nSPS) is 30.2. The van der Waals surface area contributed by atoms with Crippen LogP contribution in [0, 0.1) is 11.8 Å². The van der Waals surface area contributed by atoms with E-state index in [4.69, 9.17) is 22.1 Å². The second kappa shape index (κ2) is 5.92. The summed E-state index contributed by atoms with van der Waals surface area (Å²) in [7, 11) is 1.69. The summed E-state index contributed by atoms with van der Waals surface area (Å²) in [6.45, 7) is 3.17. The summed E-state index contributed by atoms with van der Waals surface area (Å²) >= 11 is 6.31. The second-order valence-electron chi connectivity index (χ2n) is 6.17. The van der Waals surface area contributed by atoms with Crippen molar-refractivity contribution in [2.75, 3.05) is 20.2 Å². The summed E-state index contributed by atoms with van der Waals surface area (Å²) in [6, 6.07) is 6.26. The van der Waals surface area contributed by atoms with Gasteiger partial charge >= 0.3 is 0 Å². The molecule has 3 atom stereocenters. The molecule has 1 aromatic rings. The predicted octanol–water partition coefficient (Wildman–Crippen LogP) is 2.91. The first-order chi connectivity index (χ1) is 9.67. The third kappa shape index (κ3) is 2.80. The van der Waals surface area contributed by atoms with Gasteiger partial charge in [-0.05, 0) is 48.4 Å². The maximum Gasteiger partial charge on any atom is 0.119 e. The van der Waals surface area contributed by atoms with Crippen LogP contribution in [0.5, 0.6) is 5.75 Å². The highest BCUT2D eigenvalue weighted by Gasteiger charge is 2.38. The number of methoxy groups -OCH3 is 1. The molecule has 3 nitrogen and oxygen atoms in total. The highest BCUT2D eigenvalue weighted by molar-refractivity contribution is 6.31. The molecule has 2 N–H and O–H groups in total. The third-order valence-electron chi connectivity index (χ3n) is 4.88. The highest BCUT2D eigenvalue weighted by atomic mass is 35.5. The molecule has 2 aliphatic rings. The smallest absolute Gasteiger partial charge is 0.119 e. The Labute approximate surface area is 126 Å². The Hall–Kier alpha value is -0.770. The van der Waals surface area contributed by atoms with Crippen LogP contribution in [0.2, 0.25) is 5.02 Å². The first-order valence-corrected chi connectivity index (χ1v) is 7.85. The van der Waals surface area contributed by atoms with Crippen LogP contribution in [0.1, 0.15) is 24.8 Å². The molecule has 1 aromatic carbocycles. The maximum absolute atomic E-state index is 6.31. The Morgan fingerprint density at radius 3 is 2.95 bits per heavy atom. The van der Waals surface area contributed by atoms with Crippen LogP contribution in [0.3, 0.4) is 0 Å². The standard InChI is InChI=1S/C16H23ClN2O/c1-20-13-5-6-15(17)12(7-13)9-19-8-11-3-2-4-16(18)14(11)10-19/h5-7,11,14,16H,2-4,8-10,18H2,1H3. The van der Waals surface area contributed by atoms with Gasteiger partial charge in [-0.1, -0.05) is 18.0 Å². The number of likely N-dealkylation sites (tertiary alicyclic amines) is 1. The Morgan fingerprint density at radius 1 is 1.35 bits per heavy atom. The van der Waals surface area contributed by atoms with Crippen molar-refractivity contribution in [2.45, 2.75) is 31.8 Å². The van der Waals surface area contributed by atoms with Gasteiger partial charge in [0.05, 0.1) is 7.11 Å². The Kier molecular flexibility index (Phi) is 4.20. The van der Waals surface area contributed by atoms with E-state index in [0.29, 0.717) is 12.0 Å². The van der Waals surface area contributed by atoms with Crippen molar-refractivity contribution in [3.8, 4) is 5.75 Å². The minimum Gasteiger partial charge on any atom is -0.497 e. The van der Waals surface area contributed by atoms with Gasteiger partial charge in [-0.15, -0.1) is 0 Å². The molecule has 0 amide bonds. The van der Waals surface area contributed by atoms with Crippen molar-refractivity contribution in [1.29, 1.82) is 0 Å². The molecule has 3 rings (SSSR count). The van der Waals surface area contributed by atoms with Crippen molar-refractivity contribution >= 4 is 11.6 Å². The summed E-state index contributed by atoms with van der Waals surface area (Å²) in [5, 5.41) is 0.824. The molecule has 2 fully saturated rings. The Morgan fingerprint density at radius 2 is 2.20 bits per heavy atom. The predicted molar refractivity (Wildman–Crippen MR) is 82.1 cm³/mol. The van der Waals surface area contributed by atoms with Crippen LogP contribution >= 0.6 is 11.6 Å². The molecule has 0 spiro atoms. The van der Waals surface area contributed by atoms with Gasteiger partial charge in [0.25, 0.3) is 0 Å². The summed E-state index contributed by atoms with van der Waals surface area (Å²) in [4.78, 5) is 2.50. The molecule has 0 radical (unpaired) electrons. The molecule has 3 unspecified atom stereocenters. The van der Waals surface area contributed by atoms with Gasteiger partial charge in [0.1, 0.15) is 5.75 Å². The van der Waals surface area contributed by atoms with E-state index in [0.717, 1.165) is 41.9 Å². The lowest BCUT2D eigenvalue weighted by molar-refractivity contribution is 0.259. The summed E-state index contributed by atoms with van der Waals surface area (Å²) in [6.07, 6.45) is 3.81. The monoisotopic (exact) mass is 294 g/mol. The van der Waals surface area contributed by atoms with Crippen LogP contribution in [0.25, 0.3) is 0 Å². The minimum absolute atomic E-state index is 0.388. The summed E-state index contributed by atoms with van der Waals surface area (Å²) < 4.78 is 5.29. The van der Waals surface area contributed by atoms with Gasteiger partial charge in [0.2, 0.25) is 0 Å². The molecular formula is C16H23ClN2O. The molecule has 1 saturated heterocycles. The highest BCUT2D eigenvalue weighted by Crippen LogP contribution is 2.36. The molecule has 0 aromatic heterocycles. The lowest BCUT2D eigenvalue weighted by Gasteiger charge is -2.29. The van der Waals surface area contributed by atoms with Gasteiger partial charge in [-0.3, -0.25) is 4.90 Å². The van der Waals surface area contributed by atoms with E-state index in [9.17, 15) is 0 Å². The molecule has 1 heterocycles. The number of nitrogens with two attached hydrogens (primary N) is 1. The number of ether oxygens (including phenoxy) is 1. The fraction of sp³-hybridized carbons (Fsp3) is 0.625. The lowest BCUT2D eigenvalue weighted by atomic mass is 9.78. The Bertz CT molecular complexity index is 480. The van der Waals surface area contributed by atoms with Crippen molar-refractivity contribution in [1.82, 2.24) is 4.90 Å². The molecule has 110 valence electrons. The van der Waals surface area contributed by atoms with Crippen LogP contribution < -0.4 is 10.5 Å². The topological polar surface area (TPSA) is 38.5 Å². The number of rotatable bonds is 3. The van der Waals surface area contributed by atoms with Crippen LogP contribution in [0.15, 0.2) is 18.2 Å². The molecule has 1 aliphatic heterocycles. The van der Waals surface area contributed by atoms with Crippen molar-refractivity contribution in [3.05, 3.63) is 28.8 Å². The number of nitrogens with zero attached hydrogens (tertiary/aromatic N) is 1. The molecule has 0 bridgehead atoms. The average Bonchev–Trinajstić information content (AvgIpc) is 2.85. The number of benzene rings is 1. The second-order valence-corrected chi connectivity index (χ2v) is 6.58. The molecule has 4 heteroatoms. The van der Waals surface area contributed by atoms with E-state index in [1.54, 1.807) is 7.11 Å². The zero-order valence-corrected chi connectivity index (χ0v) is 12.8. The van der Waals surface area contributed by atoms with Crippen molar-refractivity contribution in [2.24, 2.45) is 17.6 Å². The minimum atomic E-state index is 0.388. The summed E-state index contributed by atoms with van der Waals surface area (Å²) in [5.74, 6) is 2.33. The van der Waals surface area contributed by atoms with Crippen LogP contribution in [-0.2, 0) is 6.54 Å². The zero-order chi connectivity index (χ0) is 14.1. The van der Waals surface area contributed by atoms with Crippen molar-refractivity contribution < 1.29 is 4.74 Å². The van der Waals surface area contributed by atoms with Gasteiger partial charge in [-0.2, -0.15) is 0 Å². The zero-order valence-electron chi connectivity index (χ0n) is 12.0. The van der Waals surface area contributed by atoms with Crippen molar-refractivity contribution in [3.63, 3.8) is 0 Å². The molecule has 1 saturated carbocycles. The number of fused-ring (bicyclic) bond motifs is 1. The van der Waals surface area contributed by atoms with Gasteiger partial charge in [0, 0.05) is 30.7 Å². The van der Waals surface area contributed by atoms with Gasteiger partial charge in [-0.25, -0.2) is 0 Å². The number of hydrogen-bond acceptors (Lipinski definition) is 3. The van der Waals surface area contributed by atoms with E-state index in [2.05, 4.69) is 4.90 Å². The first-order valence-electron chi connectivity index (χ1n) is 7.47. The van der Waals surface area contributed by atoms with Crippen LogP contribution in [0.4, 0.5) is 0 Å². The molecular weight excluding hydrogens is 272 g/mol. The number of halogens is 1. The Balaban J connectivity index is 1.70. The van der Waals surface area contributed by atoms with E-state index >= 15 is 0 Å². The fourth-order valence-corrected chi connectivity index (χ4v) is 3.96. The van der Waals surface area contributed by atoms with Gasteiger partial charge < -0.3 is 10.5 Å². The van der Waals surface area contributed by atoms with E-state index < -0.39 is 0 Å². The quantitative estimate of drug-likeness (QED) is 0.931. The third-order valence-corrected chi connectivity index (χ3v) is 5.25. The van der Waals surface area contributed by atoms with E-state index in [-0.39, 0.29) is 0 Å². The van der Waals surface area contributed by atoms with E-state index in [1.165, 1.54) is 19.3 Å². The maximum atomic E-state index is 6.31. The van der Waals surface area contributed by atoms with E-state index in [1.807, 2.05) is 18.2 Å². The van der Waals surface area contributed by atoms with Crippen LogP contribution in [-0.4, -0.2) is 31.1 Å². The molecule has 1 aliphatic carbocycles. The lowest BCUT2D eigenvalue weighted by Crippen LogP contribution is -2.38. The largest absolute Gasteiger partial charge is 0.497 e. The molecule has 20 heavy (non-hydrogen) atoms. The summed E-state index contributed by atoms with van der Waals surface area (Å²) in [5.41, 5.74) is 7.43. The number of hydrogen-bond donors (Lipinski definition) is 1. The fourth-order valence-electron chi connectivity index (χ4n) is 3.78. The van der Waals surface area contributed by atoms with Gasteiger partial charge in [0.15, 0.2) is 0 Å². The SMILES string of the molecule is COc1ccc(Cl)c(CN2CC3CCCC(N)C3C2)c1.